The fraction of sp³-hybridized carbons (Fsp3) is 0.0417. The van der Waals surface area contributed by atoms with Crippen LogP contribution in [0, 0.1) is 0 Å². The van der Waals surface area contributed by atoms with E-state index in [1.54, 1.807) is 54.6 Å². The first-order chi connectivity index (χ1) is 16.0. The van der Waals surface area contributed by atoms with Gasteiger partial charge in [0.15, 0.2) is 6.04 Å². The number of carbonyl (C=O) groups excluding carboxylic acids is 2. The van der Waals surface area contributed by atoms with Crippen LogP contribution in [0.2, 0.25) is 0 Å². The molecule has 4 aromatic rings. The molecule has 8 nitrogen and oxygen atoms in total. The summed E-state index contributed by atoms with van der Waals surface area (Å²) in [5.74, 6) is -1.08. The van der Waals surface area contributed by atoms with Crippen LogP contribution in [0.1, 0.15) is 27.7 Å². The van der Waals surface area contributed by atoms with Crippen LogP contribution >= 0.6 is 15.9 Å². The van der Waals surface area contributed by atoms with Crippen molar-refractivity contribution in [3.05, 3.63) is 111 Å². The van der Waals surface area contributed by atoms with Crippen LogP contribution in [0.4, 0.5) is 0 Å². The van der Waals surface area contributed by atoms with Gasteiger partial charge in [-0.05, 0) is 35.9 Å². The molecule has 0 unspecified atom stereocenters. The van der Waals surface area contributed by atoms with Crippen LogP contribution in [0.15, 0.2) is 93.2 Å². The summed E-state index contributed by atoms with van der Waals surface area (Å²) < 4.78 is 0.870. The number of nitrogens with zero attached hydrogens (tertiary/aromatic N) is 2. The monoisotopic (exact) mass is 503 g/mol. The highest BCUT2D eigenvalue weighted by molar-refractivity contribution is 9.10. The second-order valence-electron chi connectivity index (χ2n) is 7.05. The van der Waals surface area contributed by atoms with Crippen molar-refractivity contribution >= 4 is 44.7 Å². The molecule has 4 rings (SSSR count). The number of carbonyl (C=O) groups is 2. The van der Waals surface area contributed by atoms with Crippen LogP contribution in [0.25, 0.3) is 10.8 Å². The van der Waals surface area contributed by atoms with E-state index in [0.717, 1.165) is 10.0 Å². The zero-order chi connectivity index (χ0) is 23.2. The van der Waals surface area contributed by atoms with Gasteiger partial charge < -0.3 is 5.32 Å². The molecule has 1 heterocycles. The van der Waals surface area contributed by atoms with Crippen molar-refractivity contribution < 1.29 is 9.59 Å². The molecule has 0 aliphatic rings. The predicted molar refractivity (Wildman–Crippen MR) is 129 cm³/mol. The van der Waals surface area contributed by atoms with Crippen LogP contribution in [-0.2, 0) is 4.79 Å². The highest BCUT2D eigenvalue weighted by Crippen LogP contribution is 2.20. The van der Waals surface area contributed by atoms with Crippen LogP contribution < -0.4 is 16.3 Å². The van der Waals surface area contributed by atoms with Crippen molar-refractivity contribution in [2.45, 2.75) is 6.04 Å². The molecule has 33 heavy (non-hydrogen) atoms. The van der Waals surface area contributed by atoms with Crippen LogP contribution in [0.3, 0.4) is 0 Å². The molecular weight excluding hydrogens is 486 g/mol. The maximum absolute atomic E-state index is 13.1. The maximum atomic E-state index is 13.1. The molecule has 0 aliphatic carbocycles. The van der Waals surface area contributed by atoms with E-state index in [4.69, 9.17) is 0 Å². The molecule has 0 aliphatic heterocycles. The zero-order valence-electron chi connectivity index (χ0n) is 17.2. The fourth-order valence-electron chi connectivity index (χ4n) is 3.24. The Labute approximate surface area is 196 Å². The average molecular weight is 504 g/mol. The molecule has 9 heteroatoms. The molecule has 2 amide bonds. The lowest BCUT2D eigenvalue weighted by Crippen LogP contribution is -2.40. The quantitative estimate of drug-likeness (QED) is 0.276. The molecule has 3 aromatic carbocycles. The Hall–Kier alpha value is -4.11. The molecule has 3 N–H and O–H groups in total. The van der Waals surface area contributed by atoms with Gasteiger partial charge in [0.25, 0.3) is 17.4 Å². The zero-order valence-corrected chi connectivity index (χ0v) is 18.7. The number of H-pyrrole nitrogens is 1. The number of aromatic nitrogens is 2. The van der Waals surface area contributed by atoms with E-state index < -0.39 is 23.4 Å². The number of fused-ring (bicyclic) bond motifs is 1. The molecule has 0 spiro atoms. The summed E-state index contributed by atoms with van der Waals surface area (Å²) in [5, 5.41) is 14.0. The third kappa shape index (κ3) is 5.21. The Morgan fingerprint density at radius 1 is 0.970 bits per heavy atom. The summed E-state index contributed by atoms with van der Waals surface area (Å²) >= 11 is 3.38. The van der Waals surface area contributed by atoms with Crippen LogP contribution in [-0.4, -0.2) is 28.2 Å². The van der Waals surface area contributed by atoms with Crippen molar-refractivity contribution in [2.75, 3.05) is 0 Å². The first-order valence-electron chi connectivity index (χ1n) is 9.94. The predicted octanol–water partition coefficient (Wildman–Crippen LogP) is 3.31. The third-order valence-electron chi connectivity index (χ3n) is 4.81. The summed E-state index contributed by atoms with van der Waals surface area (Å²) in [6.45, 7) is 0. The summed E-state index contributed by atoms with van der Waals surface area (Å²) in [6, 6.07) is 21.4. The van der Waals surface area contributed by atoms with Gasteiger partial charge in [-0.3, -0.25) is 14.4 Å². The Morgan fingerprint density at radius 3 is 2.45 bits per heavy atom. The number of hydrazone groups is 1. The Morgan fingerprint density at radius 2 is 1.70 bits per heavy atom. The van der Waals surface area contributed by atoms with Gasteiger partial charge in [0.05, 0.1) is 11.6 Å². The van der Waals surface area contributed by atoms with E-state index >= 15 is 0 Å². The van der Waals surface area contributed by atoms with Gasteiger partial charge in [-0.15, -0.1) is 0 Å². The SMILES string of the molecule is O=C(N[C@H](C(=O)N/N=C/c1cccc(Br)c1)c1n[nH]c(=O)c2ccccc12)c1ccccc1. The van der Waals surface area contributed by atoms with Gasteiger partial charge >= 0.3 is 0 Å². The van der Waals surface area contributed by atoms with E-state index in [9.17, 15) is 14.4 Å². The standard InChI is InChI=1S/C24H18BrN5O3/c25-17-10-6-7-15(13-17)14-26-29-24(33)21(27-22(31)16-8-2-1-3-9-16)20-18-11-4-5-12-19(18)23(32)30-28-20/h1-14,21H,(H,27,31)(H,29,33)(H,30,32)/b26-14+/t21-/m0/s1. The van der Waals surface area contributed by atoms with Crippen molar-refractivity contribution in [3.63, 3.8) is 0 Å². The average Bonchev–Trinajstić information content (AvgIpc) is 2.84. The normalized spacial score (nSPS) is 11.9. The summed E-state index contributed by atoms with van der Waals surface area (Å²) in [7, 11) is 0. The lowest BCUT2D eigenvalue weighted by molar-refractivity contribution is -0.123. The van der Waals surface area contributed by atoms with Crippen molar-refractivity contribution in [2.24, 2.45) is 5.10 Å². The number of hydrogen-bond donors (Lipinski definition) is 3. The molecule has 0 radical (unpaired) electrons. The number of amides is 2. The largest absolute Gasteiger partial charge is 0.335 e. The van der Waals surface area contributed by atoms with Crippen LogP contribution in [0.5, 0.6) is 0 Å². The summed E-state index contributed by atoms with van der Waals surface area (Å²) in [5.41, 5.74) is 3.40. The van der Waals surface area contributed by atoms with Crippen molar-refractivity contribution in [1.29, 1.82) is 0 Å². The lowest BCUT2D eigenvalue weighted by atomic mass is 10.0. The fourth-order valence-corrected chi connectivity index (χ4v) is 3.66. The van der Waals surface area contributed by atoms with Gasteiger partial charge in [-0.2, -0.15) is 10.2 Å². The van der Waals surface area contributed by atoms with Gasteiger partial charge in [0, 0.05) is 15.4 Å². The molecular formula is C24H18BrN5O3. The van der Waals surface area contributed by atoms with E-state index in [2.05, 4.69) is 42.0 Å². The van der Waals surface area contributed by atoms with Crippen molar-refractivity contribution in [1.82, 2.24) is 20.9 Å². The Kier molecular flexibility index (Phi) is 6.70. The second-order valence-corrected chi connectivity index (χ2v) is 7.96. The first kappa shape index (κ1) is 22.1. The molecule has 0 bridgehead atoms. The molecule has 0 saturated heterocycles. The maximum Gasteiger partial charge on any atom is 0.272 e. The molecule has 164 valence electrons. The van der Waals surface area contributed by atoms with Gasteiger partial charge in [-0.1, -0.05) is 64.5 Å². The van der Waals surface area contributed by atoms with Gasteiger partial charge in [0.2, 0.25) is 0 Å². The number of halogens is 1. The summed E-state index contributed by atoms with van der Waals surface area (Å²) in [4.78, 5) is 38.1. The van der Waals surface area contributed by atoms with E-state index in [1.165, 1.54) is 6.21 Å². The van der Waals surface area contributed by atoms with E-state index in [-0.39, 0.29) is 5.69 Å². The van der Waals surface area contributed by atoms with Gasteiger partial charge in [0.1, 0.15) is 5.69 Å². The number of hydrogen-bond acceptors (Lipinski definition) is 5. The Balaban J connectivity index is 1.67. The molecule has 1 aromatic heterocycles. The number of benzene rings is 3. The van der Waals surface area contributed by atoms with E-state index in [0.29, 0.717) is 16.3 Å². The van der Waals surface area contributed by atoms with E-state index in [1.807, 2.05) is 24.3 Å². The minimum Gasteiger partial charge on any atom is -0.335 e. The lowest BCUT2D eigenvalue weighted by Gasteiger charge is -2.18. The number of nitrogens with one attached hydrogen (secondary N) is 3. The second kappa shape index (κ2) is 10.0. The minimum atomic E-state index is -1.21. The minimum absolute atomic E-state index is 0.199. The molecule has 1 atom stereocenters. The summed E-state index contributed by atoms with van der Waals surface area (Å²) in [6.07, 6.45) is 1.48. The number of aromatic amines is 1. The molecule has 0 saturated carbocycles. The number of rotatable bonds is 6. The Bertz CT molecular complexity index is 1400. The highest BCUT2D eigenvalue weighted by Gasteiger charge is 2.27. The molecule has 0 fully saturated rings. The topological polar surface area (TPSA) is 116 Å². The van der Waals surface area contributed by atoms with Gasteiger partial charge in [-0.25, -0.2) is 10.5 Å². The first-order valence-corrected chi connectivity index (χ1v) is 10.7. The highest BCUT2D eigenvalue weighted by atomic mass is 79.9. The van der Waals surface area contributed by atoms with Crippen molar-refractivity contribution in [3.8, 4) is 0 Å². The smallest absolute Gasteiger partial charge is 0.272 e. The third-order valence-corrected chi connectivity index (χ3v) is 5.30.